The van der Waals surface area contributed by atoms with Gasteiger partial charge in [-0.2, -0.15) is 13.2 Å². The lowest BCUT2D eigenvalue weighted by atomic mass is 10.2. The van der Waals surface area contributed by atoms with E-state index in [0.29, 0.717) is 22.8 Å². The number of amides is 1. The number of aromatic nitrogens is 3. The summed E-state index contributed by atoms with van der Waals surface area (Å²) in [5.74, 6) is -0.395. The Morgan fingerprint density at radius 1 is 1.27 bits per heavy atom. The van der Waals surface area contributed by atoms with Gasteiger partial charge in [-0.1, -0.05) is 11.6 Å². The summed E-state index contributed by atoms with van der Waals surface area (Å²) < 4.78 is 39.0. The van der Waals surface area contributed by atoms with Gasteiger partial charge in [0.15, 0.2) is 0 Å². The molecule has 3 rings (SSSR count). The zero-order chi connectivity index (χ0) is 24.2. The molecule has 0 aliphatic carbocycles. The second-order valence-electron chi connectivity index (χ2n) is 6.70. The van der Waals surface area contributed by atoms with Gasteiger partial charge in [0.1, 0.15) is 28.3 Å². The van der Waals surface area contributed by atoms with E-state index in [-0.39, 0.29) is 22.9 Å². The predicted molar refractivity (Wildman–Crippen MR) is 118 cm³/mol. The third kappa shape index (κ3) is 6.15. The Bertz CT molecular complexity index is 1140. The van der Waals surface area contributed by atoms with Crippen LogP contribution < -0.4 is 21.7 Å². The van der Waals surface area contributed by atoms with Crippen LogP contribution in [0.4, 0.5) is 24.7 Å². The lowest BCUT2D eigenvalue weighted by Crippen LogP contribution is -2.24. The third-order valence-corrected chi connectivity index (χ3v) is 5.70. The van der Waals surface area contributed by atoms with E-state index < -0.39 is 28.9 Å². The zero-order valence-electron chi connectivity index (χ0n) is 17.1. The molecule has 0 saturated carbocycles. The number of thiazole rings is 1. The summed E-state index contributed by atoms with van der Waals surface area (Å²) in [5.41, 5.74) is 5.58. The monoisotopic (exact) mass is 501 g/mol. The van der Waals surface area contributed by atoms with Gasteiger partial charge in [0.05, 0.1) is 29.0 Å². The summed E-state index contributed by atoms with van der Waals surface area (Å²) in [6.45, 7) is 0.449. The molecule has 1 aromatic carbocycles. The fourth-order valence-electron chi connectivity index (χ4n) is 2.82. The molecule has 0 saturated heterocycles. The second-order valence-corrected chi connectivity index (χ2v) is 8.22. The first kappa shape index (κ1) is 24.8. The minimum absolute atomic E-state index is 0.0568. The second kappa shape index (κ2) is 10.4. The van der Waals surface area contributed by atoms with Crippen LogP contribution in [-0.4, -0.2) is 33.0 Å². The van der Waals surface area contributed by atoms with E-state index in [1.807, 2.05) is 0 Å². The van der Waals surface area contributed by atoms with Gasteiger partial charge in [-0.3, -0.25) is 10.1 Å². The number of rotatable bonds is 8. The molecule has 14 heteroatoms. The van der Waals surface area contributed by atoms with Crippen molar-refractivity contribution in [3.8, 4) is 0 Å². The largest absolute Gasteiger partial charge is 0.417 e. The molecule has 0 spiro atoms. The fraction of sp³-hybridized carbons (Fsp3) is 0.263. The lowest BCUT2D eigenvalue weighted by molar-refractivity contribution is -0.137. The van der Waals surface area contributed by atoms with Crippen LogP contribution in [0, 0.1) is 0 Å². The smallest absolute Gasteiger partial charge is 0.383 e. The SMILES string of the molecule is CNCc1c(N)ncnc1C(O)NCc1ncc(C(=O)Nc2ccc(Cl)c(C(F)(F)F)c2)s1. The first-order valence-electron chi connectivity index (χ1n) is 9.38. The molecule has 2 heterocycles. The lowest BCUT2D eigenvalue weighted by Gasteiger charge is -2.16. The highest BCUT2D eigenvalue weighted by atomic mass is 35.5. The van der Waals surface area contributed by atoms with Gasteiger partial charge in [0.25, 0.3) is 5.91 Å². The molecule has 1 unspecified atom stereocenters. The Hall–Kier alpha value is -2.84. The highest BCUT2D eigenvalue weighted by molar-refractivity contribution is 7.13. The van der Waals surface area contributed by atoms with Crippen molar-refractivity contribution >= 4 is 40.4 Å². The average molecular weight is 502 g/mol. The van der Waals surface area contributed by atoms with E-state index in [1.54, 1.807) is 7.05 Å². The molecule has 1 atom stereocenters. The van der Waals surface area contributed by atoms with Crippen LogP contribution in [-0.2, 0) is 19.3 Å². The van der Waals surface area contributed by atoms with Crippen LogP contribution in [0.1, 0.15) is 37.7 Å². The van der Waals surface area contributed by atoms with Crippen LogP contribution in [0.15, 0.2) is 30.7 Å². The quantitative estimate of drug-likeness (QED) is 0.297. The van der Waals surface area contributed by atoms with Crippen LogP contribution >= 0.6 is 22.9 Å². The summed E-state index contributed by atoms with van der Waals surface area (Å²) in [4.78, 5) is 24.7. The van der Waals surface area contributed by atoms with Crippen molar-refractivity contribution in [2.24, 2.45) is 0 Å². The summed E-state index contributed by atoms with van der Waals surface area (Å²) >= 11 is 6.60. The number of carbonyl (C=O) groups is 1. The van der Waals surface area contributed by atoms with E-state index >= 15 is 0 Å². The minimum atomic E-state index is -4.65. The van der Waals surface area contributed by atoms with Gasteiger partial charge in [0.2, 0.25) is 0 Å². The van der Waals surface area contributed by atoms with Gasteiger partial charge in [-0.25, -0.2) is 15.0 Å². The predicted octanol–water partition coefficient (Wildman–Crippen LogP) is 2.94. The van der Waals surface area contributed by atoms with E-state index in [4.69, 9.17) is 17.3 Å². The van der Waals surface area contributed by atoms with E-state index in [2.05, 4.69) is 30.9 Å². The molecule has 1 amide bonds. The average Bonchev–Trinajstić information content (AvgIpc) is 3.23. The Kier molecular flexibility index (Phi) is 7.81. The highest BCUT2D eigenvalue weighted by Gasteiger charge is 2.33. The number of alkyl halides is 3. The van der Waals surface area contributed by atoms with Crippen molar-refractivity contribution in [2.45, 2.75) is 25.5 Å². The molecule has 176 valence electrons. The first-order valence-corrected chi connectivity index (χ1v) is 10.6. The van der Waals surface area contributed by atoms with E-state index in [1.165, 1.54) is 18.6 Å². The number of hydrogen-bond acceptors (Lipinski definition) is 9. The van der Waals surface area contributed by atoms with Crippen LogP contribution in [0.3, 0.4) is 0 Å². The molecule has 2 aromatic heterocycles. The van der Waals surface area contributed by atoms with Crippen molar-refractivity contribution in [1.82, 2.24) is 25.6 Å². The van der Waals surface area contributed by atoms with Crippen LogP contribution in [0.5, 0.6) is 0 Å². The number of aliphatic hydroxyl groups is 1. The first-order chi connectivity index (χ1) is 15.6. The van der Waals surface area contributed by atoms with Gasteiger partial charge in [-0.05, 0) is 25.2 Å². The maximum absolute atomic E-state index is 13.0. The standard InChI is InChI=1S/C19H19ClF3N7O2S/c1-25-5-10-15(28-8-29-16(10)24)18(32)27-7-14-26-6-13(33-14)17(31)30-9-2-3-12(20)11(4-9)19(21,22)23/h2-4,6,8,18,25,27,32H,5,7H2,1H3,(H,30,31)(H2,24,28,29). The number of carbonyl (C=O) groups excluding carboxylic acids is 1. The van der Waals surface area contributed by atoms with Crippen molar-refractivity contribution in [1.29, 1.82) is 0 Å². The number of nitrogen functional groups attached to an aromatic ring is 1. The van der Waals surface area contributed by atoms with Crippen molar-refractivity contribution < 1.29 is 23.1 Å². The molecule has 0 aliphatic rings. The van der Waals surface area contributed by atoms with Gasteiger partial charge in [-0.15, -0.1) is 11.3 Å². The number of benzene rings is 1. The van der Waals surface area contributed by atoms with Crippen molar-refractivity contribution in [3.05, 3.63) is 62.5 Å². The summed E-state index contributed by atoms with van der Waals surface area (Å²) in [7, 11) is 1.71. The van der Waals surface area contributed by atoms with Crippen molar-refractivity contribution in [3.63, 3.8) is 0 Å². The Balaban J connectivity index is 1.65. The molecule has 6 N–H and O–H groups in total. The molecule has 33 heavy (non-hydrogen) atoms. The molecule has 9 nitrogen and oxygen atoms in total. The number of aliphatic hydroxyl groups excluding tert-OH is 1. The molecule has 0 fully saturated rings. The Labute approximate surface area is 195 Å². The molecule has 3 aromatic rings. The molecular formula is C19H19ClF3N7O2S. The fourth-order valence-corrected chi connectivity index (χ4v) is 3.81. The Morgan fingerprint density at radius 3 is 2.73 bits per heavy atom. The molecule has 0 aliphatic heterocycles. The topological polar surface area (TPSA) is 138 Å². The molecule has 0 radical (unpaired) electrons. The van der Waals surface area contributed by atoms with E-state index in [0.717, 1.165) is 23.5 Å². The highest BCUT2D eigenvalue weighted by Crippen LogP contribution is 2.36. The summed E-state index contributed by atoms with van der Waals surface area (Å²) in [6.07, 6.45) is -3.29. The van der Waals surface area contributed by atoms with Crippen molar-refractivity contribution in [2.75, 3.05) is 18.1 Å². The van der Waals surface area contributed by atoms with Gasteiger partial charge < -0.3 is 21.5 Å². The number of nitrogens with zero attached hydrogens (tertiary/aromatic N) is 3. The molecule has 0 bridgehead atoms. The number of nitrogens with one attached hydrogen (secondary N) is 3. The number of nitrogens with two attached hydrogens (primary N) is 1. The third-order valence-electron chi connectivity index (χ3n) is 4.38. The minimum Gasteiger partial charge on any atom is -0.383 e. The zero-order valence-corrected chi connectivity index (χ0v) is 18.6. The maximum atomic E-state index is 13.0. The number of halogens is 4. The summed E-state index contributed by atoms with van der Waals surface area (Å²) in [5, 5.41) is 18.6. The van der Waals surface area contributed by atoms with Gasteiger partial charge in [0, 0.05) is 17.8 Å². The maximum Gasteiger partial charge on any atom is 0.417 e. The summed E-state index contributed by atoms with van der Waals surface area (Å²) in [6, 6.07) is 3.09. The van der Waals surface area contributed by atoms with Crippen LogP contribution in [0.2, 0.25) is 5.02 Å². The number of anilines is 2. The Morgan fingerprint density at radius 2 is 2.03 bits per heavy atom. The van der Waals surface area contributed by atoms with Gasteiger partial charge >= 0.3 is 6.18 Å². The van der Waals surface area contributed by atoms with Crippen LogP contribution in [0.25, 0.3) is 0 Å². The molecular weight excluding hydrogens is 483 g/mol. The van der Waals surface area contributed by atoms with E-state index in [9.17, 15) is 23.1 Å². The normalized spacial score (nSPS) is 12.5. The number of hydrogen-bond donors (Lipinski definition) is 5.